The van der Waals surface area contributed by atoms with E-state index in [1.165, 1.54) is 142 Å². The van der Waals surface area contributed by atoms with E-state index in [4.69, 9.17) is 0 Å². The Morgan fingerprint density at radius 3 is 1.22 bits per heavy atom. The molecule has 8 rings (SSSR count). The van der Waals surface area contributed by atoms with Crippen LogP contribution in [0.4, 0.5) is 0 Å². The van der Waals surface area contributed by atoms with Crippen molar-refractivity contribution in [2.45, 2.75) is 78.1 Å². The Morgan fingerprint density at radius 2 is 0.900 bits per heavy atom. The van der Waals surface area contributed by atoms with E-state index in [1.807, 2.05) is 0 Å². The average molecular weight is 797 g/mol. The van der Waals surface area contributed by atoms with Crippen molar-refractivity contribution >= 4 is 53.2 Å². The molecule has 0 aliphatic heterocycles. The first-order valence-corrected chi connectivity index (χ1v) is 21.5. The van der Waals surface area contributed by atoms with E-state index in [0.29, 0.717) is 10.8 Å². The zero-order valence-corrected chi connectivity index (χ0v) is 35.5. The average Bonchev–Trinajstić information content (AvgIpc) is 3.94. The molecular formula is C46H54Cl2SiZr-4. The zero-order valence-electron chi connectivity index (χ0n) is 30.4. The molecule has 50 heavy (non-hydrogen) atoms. The van der Waals surface area contributed by atoms with E-state index in [1.54, 1.807) is 0 Å². The molecule has 0 amide bonds. The van der Waals surface area contributed by atoms with Gasteiger partial charge in [0.05, 0.1) is 0 Å². The number of benzene rings is 4. The second-order valence-electron chi connectivity index (χ2n) is 13.9. The first-order valence-electron chi connectivity index (χ1n) is 17.3. The quantitative estimate of drug-likeness (QED) is 0.0957. The molecule has 0 saturated heterocycles. The van der Waals surface area contributed by atoms with E-state index in [9.17, 15) is 0 Å². The Morgan fingerprint density at radius 1 is 0.540 bits per heavy atom. The van der Waals surface area contributed by atoms with Crippen LogP contribution in [0.15, 0.2) is 121 Å². The van der Waals surface area contributed by atoms with Gasteiger partial charge in [-0.2, -0.15) is 12.1 Å². The number of hydrogen-bond acceptors (Lipinski definition) is 0. The second kappa shape index (κ2) is 20.1. The van der Waals surface area contributed by atoms with Gasteiger partial charge in [0.25, 0.3) is 0 Å². The van der Waals surface area contributed by atoms with Crippen LogP contribution in [0.2, 0.25) is 0 Å². The molecule has 2 radical (unpaired) electrons. The first-order chi connectivity index (χ1) is 22.6. The minimum atomic E-state index is 0. The summed E-state index contributed by atoms with van der Waals surface area (Å²) in [7, 11) is 0. The molecule has 0 heterocycles. The summed E-state index contributed by atoms with van der Waals surface area (Å²) >= 11 is 1.36. The molecule has 2 saturated carbocycles. The van der Waals surface area contributed by atoms with Gasteiger partial charge in [0.15, 0.2) is 0 Å². The molecular weight excluding hydrogens is 743 g/mol. The standard InChI is InChI=1S/2C22H23.2CH3.2ClH.Si.Zr/c2*1-2-11-22(12-13-22)16-17-14-19-9-6-10-20(21(19)15-17)18-7-4-3-5-8-18;;;;;;/h2*3-10,14-15H,2,11-13,16H2,1H3;2*1H3;2*1H;;/q4*-1;;;;. The van der Waals surface area contributed by atoms with Crippen LogP contribution in [0.25, 0.3) is 43.8 Å². The SMILES string of the molecule is CCCC1(Cc2cc3c(-c4ccccc4)cccc3[cH-]2)CC1.CCCC1(Cc2cc3c(-c4ccccc4)cccc3[cH-]2)CC1.Cl.Cl.[CH3-].[CH3-].[Si]=[Zr]. The Labute approximate surface area is 332 Å². The van der Waals surface area contributed by atoms with Crippen molar-refractivity contribution in [1.29, 1.82) is 0 Å². The van der Waals surface area contributed by atoms with Crippen molar-refractivity contribution in [3.8, 4) is 22.3 Å². The molecule has 0 atom stereocenters. The topological polar surface area (TPSA) is 0 Å². The third-order valence-corrected chi connectivity index (χ3v) is 10.4. The maximum absolute atomic E-state index is 3.06. The summed E-state index contributed by atoms with van der Waals surface area (Å²) < 4.78 is 0. The molecule has 0 nitrogen and oxygen atoms in total. The molecule has 0 spiro atoms. The monoisotopic (exact) mass is 794 g/mol. The molecule has 6 aromatic carbocycles. The molecule has 0 aromatic heterocycles. The molecule has 2 fully saturated rings. The molecule has 264 valence electrons. The summed E-state index contributed by atoms with van der Waals surface area (Å²) in [6.45, 7) is 7.69. The summed E-state index contributed by atoms with van der Waals surface area (Å²) in [5.41, 5.74) is 9.70. The molecule has 2 aliphatic rings. The van der Waals surface area contributed by atoms with Gasteiger partial charge in [0.2, 0.25) is 0 Å². The predicted molar refractivity (Wildman–Crippen MR) is 224 cm³/mol. The van der Waals surface area contributed by atoms with E-state index in [0.717, 1.165) is 0 Å². The summed E-state index contributed by atoms with van der Waals surface area (Å²) in [5.74, 6) is 0. The molecule has 0 N–H and O–H groups in total. The van der Waals surface area contributed by atoms with Crippen molar-refractivity contribution < 1.29 is 23.3 Å². The van der Waals surface area contributed by atoms with Crippen LogP contribution in [-0.4, -0.2) is 6.88 Å². The fourth-order valence-corrected chi connectivity index (χ4v) is 7.85. The van der Waals surface area contributed by atoms with E-state index in [2.05, 4.69) is 142 Å². The van der Waals surface area contributed by atoms with Gasteiger partial charge >= 0.3 is 30.2 Å². The Bertz CT molecular complexity index is 1730. The van der Waals surface area contributed by atoms with Gasteiger partial charge in [-0.15, -0.1) is 93.9 Å². The molecule has 6 aromatic rings. The third kappa shape index (κ3) is 10.4. The van der Waals surface area contributed by atoms with Gasteiger partial charge in [-0.25, -0.2) is 0 Å². The summed E-state index contributed by atoms with van der Waals surface area (Å²) in [6, 6.07) is 44.6. The summed E-state index contributed by atoms with van der Waals surface area (Å²) in [4.78, 5) is 0. The van der Waals surface area contributed by atoms with E-state index in [-0.39, 0.29) is 39.7 Å². The van der Waals surface area contributed by atoms with Crippen molar-refractivity contribution in [3.63, 3.8) is 0 Å². The number of halogens is 2. The zero-order chi connectivity index (χ0) is 32.0. The van der Waals surface area contributed by atoms with Crippen LogP contribution in [0.5, 0.6) is 0 Å². The van der Waals surface area contributed by atoms with Crippen molar-refractivity contribution in [2.24, 2.45) is 10.8 Å². The van der Waals surface area contributed by atoms with Gasteiger partial charge in [0, 0.05) is 0 Å². The minimum absolute atomic E-state index is 0. The van der Waals surface area contributed by atoms with E-state index < -0.39 is 0 Å². The van der Waals surface area contributed by atoms with Crippen molar-refractivity contribution in [1.82, 2.24) is 0 Å². The van der Waals surface area contributed by atoms with E-state index >= 15 is 0 Å². The first kappa shape index (κ1) is 43.9. The Balaban J connectivity index is 0.000000307. The van der Waals surface area contributed by atoms with Crippen LogP contribution in [0, 0.1) is 25.7 Å². The Hall–Kier alpha value is -2.22. The van der Waals surface area contributed by atoms with Gasteiger partial charge < -0.3 is 14.9 Å². The fraction of sp³-hybridized carbons (Fsp3) is 0.304. The van der Waals surface area contributed by atoms with Gasteiger partial charge in [-0.3, -0.25) is 0 Å². The number of rotatable bonds is 10. The number of hydrogen-bond donors (Lipinski definition) is 0. The molecule has 0 bridgehead atoms. The second-order valence-corrected chi connectivity index (χ2v) is 13.9. The molecule has 4 heteroatoms. The molecule has 2 aliphatic carbocycles. The van der Waals surface area contributed by atoms with Gasteiger partial charge in [-0.05, 0) is 73.3 Å². The van der Waals surface area contributed by atoms with Crippen LogP contribution < -0.4 is 0 Å². The van der Waals surface area contributed by atoms with Crippen molar-refractivity contribution in [3.05, 3.63) is 147 Å². The number of fused-ring (bicyclic) bond motifs is 2. The Kier molecular flexibility index (Phi) is 17.7. The van der Waals surface area contributed by atoms with Gasteiger partial charge in [0.1, 0.15) is 0 Å². The maximum atomic E-state index is 3.06. The molecule has 0 unspecified atom stereocenters. The van der Waals surface area contributed by atoms with Crippen molar-refractivity contribution in [2.75, 3.05) is 0 Å². The fourth-order valence-electron chi connectivity index (χ4n) is 7.85. The van der Waals surface area contributed by atoms with Crippen LogP contribution in [0.3, 0.4) is 0 Å². The van der Waals surface area contributed by atoms with Crippen LogP contribution >= 0.6 is 24.8 Å². The third-order valence-electron chi connectivity index (χ3n) is 10.4. The normalized spacial score (nSPS) is 14.2. The van der Waals surface area contributed by atoms with Gasteiger partial charge in [-0.1, -0.05) is 111 Å². The summed E-state index contributed by atoms with van der Waals surface area (Å²) in [5, 5.41) is 5.61. The predicted octanol–water partition coefficient (Wildman–Crippen LogP) is 14.1. The van der Waals surface area contributed by atoms with Crippen LogP contribution in [-0.2, 0) is 36.2 Å². The summed E-state index contributed by atoms with van der Waals surface area (Å²) in [6.07, 6.45) is 13.6. The van der Waals surface area contributed by atoms with Crippen LogP contribution in [0.1, 0.15) is 76.3 Å².